The number of hydrogen-bond donors (Lipinski definition) is 1. The monoisotopic (exact) mass is 584 g/mol. The summed E-state index contributed by atoms with van der Waals surface area (Å²) in [5.74, 6) is 0.0424. The fraction of sp³-hybridized carbons (Fsp3) is 0.484. The molecule has 2 saturated heterocycles. The highest BCUT2D eigenvalue weighted by Gasteiger charge is 2.54. The highest BCUT2D eigenvalue weighted by atomic mass is 32.1. The fourth-order valence-corrected chi connectivity index (χ4v) is 8.06. The third-order valence-corrected chi connectivity index (χ3v) is 10.4. The Kier molecular flexibility index (Phi) is 8.95. The standard InChI is InChI=1S/C31H38NO6S2/c1-3-36-29(33)12-5-15-37-25-9-4-8-22(18-25)21-32(2)23-13-14-24(32)20-26(19-23)38-30(34)31(35,27-10-6-16-39-27)28-11-7-17-40-28/h4,6-11,16-18,23-24,26,35H,3,5,12-15,19-21H2,1-2H3/q+1/t23-,24+,26?,32?. The number of benzene rings is 1. The smallest absolute Gasteiger partial charge is 0.349 e. The van der Waals surface area contributed by atoms with E-state index in [-0.39, 0.29) is 12.1 Å². The maximum Gasteiger partial charge on any atom is 0.349 e. The van der Waals surface area contributed by atoms with Crippen molar-refractivity contribution in [2.45, 2.75) is 75.8 Å². The number of nitrogens with zero attached hydrogens (tertiary/aromatic N) is 1. The van der Waals surface area contributed by atoms with Crippen LogP contribution in [0.3, 0.4) is 0 Å². The van der Waals surface area contributed by atoms with Crippen molar-refractivity contribution < 1.29 is 33.4 Å². The van der Waals surface area contributed by atoms with Gasteiger partial charge < -0.3 is 23.8 Å². The van der Waals surface area contributed by atoms with E-state index in [0.29, 0.717) is 47.9 Å². The molecule has 2 aromatic heterocycles. The first-order chi connectivity index (χ1) is 19.3. The zero-order valence-electron chi connectivity index (χ0n) is 23.1. The molecule has 3 aromatic rings. The minimum atomic E-state index is -1.77. The molecule has 7 nitrogen and oxygen atoms in total. The quantitative estimate of drug-likeness (QED) is 0.168. The molecule has 0 amide bonds. The Morgan fingerprint density at radius 2 is 1.70 bits per heavy atom. The maximum absolute atomic E-state index is 13.5. The minimum absolute atomic E-state index is 0.190. The van der Waals surface area contributed by atoms with Gasteiger partial charge in [-0.1, -0.05) is 24.3 Å². The Labute approximate surface area is 243 Å². The molecule has 2 fully saturated rings. The zero-order valence-corrected chi connectivity index (χ0v) is 24.8. The summed E-state index contributed by atoms with van der Waals surface area (Å²) in [6, 6.07) is 16.3. The molecule has 40 heavy (non-hydrogen) atoms. The number of ether oxygens (including phenoxy) is 3. The van der Waals surface area contributed by atoms with E-state index in [9.17, 15) is 14.7 Å². The van der Waals surface area contributed by atoms with E-state index < -0.39 is 11.6 Å². The zero-order chi connectivity index (χ0) is 28.2. The number of aliphatic hydroxyl groups is 1. The van der Waals surface area contributed by atoms with Crippen molar-refractivity contribution in [3.8, 4) is 5.75 Å². The van der Waals surface area contributed by atoms with E-state index in [2.05, 4.69) is 19.2 Å². The molecule has 0 aliphatic carbocycles. The molecule has 4 atom stereocenters. The molecule has 1 aromatic carbocycles. The Balaban J connectivity index is 1.20. The van der Waals surface area contributed by atoms with Gasteiger partial charge in [0.15, 0.2) is 0 Å². The topological polar surface area (TPSA) is 82.1 Å². The fourth-order valence-electron chi connectivity index (χ4n) is 6.34. The third-order valence-electron chi connectivity index (χ3n) is 8.42. The molecule has 0 saturated carbocycles. The van der Waals surface area contributed by atoms with E-state index in [1.54, 1.807) is 12.1 Å². The Hall–Kier alpha value is -2.72. The number of esters is 2. The molecule has 4 heterocycles. The second-order valence-corrected chi connectivity index (χ2v) is 12.9. The summed E-state index contributed by atoms with van der Waals surface area (Å²) in [5.41, 5.74) is -0.559. The molecule has 2 bridgehead atoms. The third kappa shape index (κ3) is 5.98. The Morgan fingerprint density at radius 3 is 2.30 bits per heavy atom. The number of fused-ring (bicyclic) bond motifs is 2. The number of carbonyl (C=O) groups is 2. The van der Waals surface area contributed by atoms with Gasteiger partial charge in [0.25, 0.3) is 0 Å². The summed E-state index contributed by atoms with van der Waals surface area (Å²) in [4.78, 5) is 26.3. The van der Waals surface area contributed by atoms with Gasteiger partial charge in [-0.3, -0.25) is 4.79 Å². The lowest BCUT2D eigenvalue weighted by Gasteiger charge is -2.47. The van der Waals surface area contributed by atoms with E-state index in [0.717, 1.165) is 42.5 Å². The van der Waals surface area contributed by atoms with Crippen LogP contribution in [0.2, 0.25) is 0 Å². The first-order valence-electron chi connectivity index (χ1n) is 14.1. The van der Waals surface area contributed by atoms with Crippen LogP contribution in [0.5, 0.6) is 5.75 Å². The summed E-state index contributed by atoms with van der Waals surface area (Å²) in [5, 5.41) is 15.4. The molecule has 5 rings (SSSR count). The average molecular weight is 585 g/mol. The van der Waals surface area contributed by atoms with Crippen LogP contribution in [-0.4, -0.2) is 60.0 Å². The largest absolute Gasteiger partial charge is 0.494 e. The van der Waals surface area contributed by atoms with Gasteiger partial charge in [-0.15, -0.1) is 22.7 Å². The molecule has 2 unspecified atom stereocenters. The van der Waals surface area contributed by atoms with Crippen LogP contribution in [-0.2, 0) is 31.2 Å². The van der Waals surface area contributed by atoms with Gasteiger partial charge in [-0.2, -0.15) is 0 Å². The summed E-state index contributed by atoms with van der Waals surface area (Å²) < 4.78 is 17.9. The van der Waals surface area contributed by atoms with E-state index >= 15 is 0 Å². The number of carbonyl (C=O) groups excluding carboxylic acids is 2. The normalized spacial score (nSPS) is 24.0. The number of quaternary nitrogens is 1. The highest BCUT2D eigenvalue weighted by molar-refractivity contribution is 7.12. The van der Waals surface area contributed by atoms with Crippen molar-refractivity contribution in [2.24, 2.45) is 0 Å². The Bertz CT molecular complexity index is 1230. The summed E-state index contributed by atoms with van der Waals surface area (Å²) in [7, 11) is 2.32. The Morgan fingerprint density at radius 1 is 1.02 bits per heavy atom. The van der Waals surface area contributed by atoms with Crippen LogP contribution in [0.4, 0.5) is 0 Å². The van der Waals surface area contributed by atoms with Crippen LogP contribution >= 0.6 is 22.7 Å². The summed E-state index contributed by atoms with van der Waals surface area (Å²) in [6.45, 7) is 3.55. The van der Waals surface area contributed by atoms with Crippen molar-refractivity contribution in [3.63, 3.8) is 0 Å². The predicted molar refractivity (Wildman–Crippen MR) is 155 cm³/mol. The molecule has 0 spiro atoms. The number of thiophene rings is 2. The van der Waals surface area contributed by atoms with Gasteiger partial charge in [-0.25, -0.2) is 4.79 Å². The molecule has 9 heteroatoms. The van der Waals surface area contributed by atoms with Gasteiger partial charge in [-0.05, 0) is 48.4 Å². The summed E-state index contributed by atoms with van der Waals surface area (Å²) >= 11 is 2.73. The van der Waals surface area contributed by atoms with Gasteiger partial charge in [0.05, 0.1) is 42.1 Å². The molecule has 0 radical (unpaired) electrons. The van der Waals surface area contributed by atoms with E-state index in [1.165, 1.54) is 28.2 Å². The second-order valence-electron chi connectivity index (χ2n) is 11.0. The van der Waals surface area contributed by atoms with Gasteiger partial charge in [0.2, 0.25) is 5.60 Å². The van der Waals surface area contributed by atoms with Crippen LogP contribution in [0.1, 0.15) is 60.8 Å². The lowest BCUT2D eigenvalue weighted by molar-refractivity contribution is -0.961. The maximum atomic E-state index is 13.5. The predicted octanol–water partition coefficient (Wildman–Crippen LogP) is 5.65. The van der Waals surface area contributed by atoms with Crippen molar-refractivity contribution >= 4 is 34.6 Å². The molecule has 1 N–H and O–H groups in total. The molecular formula is C31H38NO6S2+. The summed E-state index contributed by atoms with van der Waals surface area (Å²) in [6.07, 6.45) is 4.53. The number of rotatable bonds is 12. The van der Waals surface area contributed by atoms with E-state index in [1.807, 2.05) is 41.9 Å². The van der Waals surface area contributed by atoms with Crippen LogP contribution < -0.4 is 4.74 Å². The highest BCUT2D eigenvalue weighted by Crippen LogP contribution is 2.45. The van der Waals surface area contributed by atoms with Gasteiger partial charge in [0, 0.05) is 37.7 Å². The van der Waals surface area contributed by atoms with Crippen molar-refractivity contribution in [2.75, 3.05) is 20.3 Å². The van der Waals surface area contributed by atoms with Gasteiger partial charge in [0.1, 0.15) is 18.4 Å². The van der Waals surface area contributed by atoms with Crippen molar-refractivity contribution in [1.82, 2.24) is 0 Å². The molecule has 214 valence electrons. The first kappa shape index (κ1) is 28.8. The van der Waals surface area contributed by atoms with Crippen molar-refractivity contribution in [3.05, 3.63) is 74.6 Å². The SMILES string of the molecule is CCOC(=O)CCCOc1cccc(C[N+]2(C)[C@@H]3CC[C@H]2CC(OC(=O)C(O)(c2cccs2)c2cccs2)C3)c1. The van der Waals surface area contributed by atoms with Crippen molar-refractivity contribution in [1.29, 1.82) is 0 Å². The van der Waals surface area contributed by atoms with E-state index in [4.69, 9.17) is 14.2 Å². The molecule has 2 aliphatic heterocycles. The first-order valence-corrected chi connectivity index (χ1v) is 15.8. The molecule has 2 aliphatic rings. The van der Waals surface area contributed by atoms with Gasteiger partial charge >= 0.3 is 11.9 Å². The lowest BCUT2D eigenvalue weighted by Crippen LogP contribution is -2.58. The number of hydrogen-bond acceptors (Lipinski definition) is 8. The van der Waals surface area contributed by atoms with Crippen LogP contribution in [0, 0.1) is 0 Å². The van der Waals surface area contributed by atoms with Crippen LogP contribution in [0.25, 0.3) is 0 Å². The lowest BCUT2D eigenvalue weighted by atomic mass is 9.94. The average Bonchev–Trinajstić information content (AvgIpc) is 3.69. The molecular weight excluding hydrogens is 546 g/mol. The number of piperidine rings is 1. The minimum Gasteiger partial charge on any atom is -0.494 e. The van der Waals surface area contributed by atoms with Crippen LogP contribution in [0.15, 0.2) is 59.3 Å². The second kappa shape index (κ2) is 12.4.